The van der Waals surface area contributed by atoms with E-state index >= 15 is 0 Å². The number of urea groups is 1. The largest absolute Gasteiger partial charge is 0.487 e. The number of piperidine rings is 1. The number of amides is 2. The summed E-state index contributed by atoms with van der Waals surface area (Å²) in [6.07, 6.45) is 7.65. The Morgan fingerprint density at radius 2 is 2.03 bits per heavy atom. The topological polar surface area (TPSA) is 66.5 Å². The molecule has 29 heavy (non-hydrogen) atoms. The molecule has 2 amide bonds. The van der Waals surface area contributed by atoms with Crippen molar-refractivity contribution in [1.82, 2.24) is 15.2 Å². The Hall–Kier alpha value is -2.12. The van der Waals surface area contributed by atoms with Crippen LogP contribution in [-0.2, 0) is 6.61 Å². The van der Waals surface area contributed by atoms with E-state index in [-0.39, 0.29) is 12.1 Å². The maximum atomic E-state index is 12.4. The second-order valence-electron chi connectivity index (χ2n) is 8.12. The molecule has 1 aromatic carbocycles. The molecular weight excluding hydrogens is 384 g/mol. The average molecular weight is 415 g/mol. The summed E-state index contributed by atoms with van der Waals surface area (Å²) in [5.74, 6) is 1.61. The van der Waals surface area contributed by atoms with Crippen molar-refractivity contribution in [1.29, 1.82) is 0 Å². The number of carbonyl (C=O) groups is 1. The zero-order valence-electron chi connectivity index (χ0n) is 16.8. The van der Waals surface area contributed by atoms with Gasteiger partial charge in [0.2, 0.25) is 0 Å². The SMILES string of the molecule is O=C(Nc1cccc(OCc2cscn2)c1)NC1CCN(CC2CCCC2)CC1. The minimum Gasteiger partial charge on any atom is -0.487 e. The van der Waals surface area contributed by atoms with Gasteiger partial charge in [0, 0.05) is 42.8 Å². The van der Waals surface area contributed by atoms with Crippen molar-refractivity contribution in [3.05, 3.63) is 40.8 Å². The molecule has 4 rings (SSSR count). The van der Waals surface area contributed by atoms with Crippen LogP contribution in [0.1, 0.15) is 44.2 Å². The van der Waals surface area contributed by atoms with Crippen LogP contribution in [0.25, 0.3) is 0 Å². The van der Waals surface area contributed by atoms with Crippen LogP contribution in [0.3, 0.4) is 0 Å². The van der Waals surface area contributed by atoms with Crippen LogP contribution in [0.15, 0.2) is 35.2 Å². The second-order valence-corrected chi connectivity index (χ2v) is 8.84. The minimum atomic E-state index is -0.143. The molecule has 0 radical (unpaired) electrons. The number of aromatic nitrogens is 1. The summed E-state index contributed by atoms with van der Waals surface area (Å²) in [5, 5.41) is 8.03. The summed E-state index contributed by atoms with van der Waals surface area (Å²) < 4.78 is 5.76. The van der Waals surface area contributed by atoms with Crippen molar-refractivity contribution in [2.45, 2.75) is 51.2 Å². The number of likely N-dealkylation sites (tertiary alicyclic amines) is 1. The molecule has 0 bridgehead atoms. The van der Waals surface area contributed by atoms with E-state index in [1.807, 2.05) is 29.6 Å². The fraction of sp³-hybridized carbons (Fsp3) is 0.545. The van der Waals surface area contributed by atoms with E-state index in [9.17, 15) is 4.79 Å². The molecule has 0 spiro atoms. The fourth-order valence-corrected chi connectivity index (χ4v) is 4.84. The van der Waals surface area contributed by atoms with Gasteiger partial charge >= 0.3 is 6.03 Å². The number of anilines is 1. The molecule has 1 aliphatic heterocycles. The molecular formula is C22H30N4O2S. The van der Waals surface area contributed by atoms with E-state index in [2.05, 4.69) is 20.5 Å². The number of rotatable bonds is 7. The Morgan fingerprint density at radius 1 is 1.21 bits per heavy atom. The van der Waals surface area contributed by atoms with Gasteiger partial charge in [-0.25, -0.2) is 9.78 Å². The number of hydrogen-bond donors (Lipinski definition) is 2. The van der Waals surface area contributed by atoms with Crippen LogP contribution in [-0.4, -0.2) is 41.6 Å². The first kappa shape index (κ1) is 20.2. The highest BCUT2D eigenvalue weighted by Crippen LogP contribution is 2.26. The van der Waals surface area contributed by atoms with Crippen molar-refractivity contribution < 1.29 is 9.53 Å². The van der Waals surface area contributed by atoms with E-state index < -0.39 is 0 Å². The van der Waals surface area contributed by atoms with Gasteiger partial charge in [0.25, 0.3) is 0 Å². The van der Waals surface area contributed by atoms with Crippen LogP contribution in [0.2, 0.25) is 0 Å². The van der Waals surface area contributed by atoms with Crippen LogP contribution in [0, 0.1) is 5.92 Å². The zero-order chi connectivity index (χ0) is 19.9. The molecule has 2 aromatic rings. The molecule has 2 heterocycles. The summed E-state index contributed by atoms with van der Waals surface area (Å²) in [6.45, 7) is 3.84. The van der Waals surface area contributed by atoms with Gasteiger partial charge < -0.3 is 20.3 Å². The molecule has 156 valence electrons. The third-order valence-corrected chi connectivity index (χ3v) is 6.51. The molecule has 0 unspecified atom stereocenters. The summed E-state index contributed by atoms with van der Waals surface area (Å²) in [6, 6.07) is 7.59. The van der Waals surface area contributed by atoms with Gasteiger partial charge in [-0.05, 0) is 43.7 Å². The molecule has 1 aliphatic carbocycles. The Morgan fingerprint density at radius 3 is 2.79 bits per heavy atom. The predicted molar refractivity (Wildman–Crippen MR) is 116 cm³/mol. The first-order chi connectivity index (χ1) is 14.2. The summed E-state index contributed by atoms with van der Waals surface area (Å²) >= 11 is 1.55. The molecule has 1 aromatic heterocycles. The van der Waals surface area contributed by atoms with Crippen LogP contribution in [0.4, 0.5) is 10.5 Å². The smallest absolute Gasteiger partial charge is 0.319 e. The van der Waals surface area contributed by atoms with Gasteiger partial charge in [-0.2, -0.15) is 0 Å². The second kappa shape index (κ2) is 10.1. The highest BCUT2D eigenvalue weighted by atomic mass is 32.1. The van der Waals surface area contributed by atoms with Gasteiger partial charge in [0.05, 0.1) is 11.2 Å². The Labute approximate surface area is 176 Å². The maximum Gasteiger partial charge on any atom is 0.319 e. The summed E-state index contributed by atoms with van der Waals surface area (Å²) in [5.41, 5.74) is 3.43. The third-order valence-electron chi connectivity index (χ3n) is 5.88. The van der Waals surface area contributed by atoms with Crippen molar-refractivity contribution in [2.24, 2.45) is 5.92 Å². The number of ether oxygens (including phenoxy) is 1. The van der Waals surface area contributed by atoms with Crippen molar-refractivity contribution in [3.8, 4) is 5.75 Å². The number of nitrogens with zero attached hydrogens (tertiary/aromatic N) is 2. The Kier molecular flexibility index (Phi) is 7.00. The lowest BCUT2D eigenvalue weighted by Gasteiger charge is -2.33. The molecule has 1 saturated heterocycles. The molecule has 2 aliphatic rings. The quantitative estimate of drug-likeness (QED) is 0.700. The molecule has 1 saturated carbocycles. The number of hydrogen-bond acceptors (Lipinski definition) is 5. The number of carbonyl (C=O) groups excluding carboxylic acids is 1. The standard InChI is InChI=1S/C22H30N4O2S/c27-22(24-18-8-10-26(11-9-18)13-17-4-1-2-5-17)25-19-6-3-7-21(12-19)28-14-20-15-29-16-23-20/h3,6-7,12,15-18H,1-2,4-5,8-11,13-14H2,(H2,24,25,27). The third kappa shape index (κ3) is 6.18. The predicted octanol–water partition coefficient (Wildman–Crippen LogP) is 4.50. The first-order valence-electron chi connectivity index (χ1n) is 10.6. The van der Waals surface area contributed by atoms with Crippen LogP contribution < -0.4 is 15.4 Å². The van der Waals surface area contributed by atoms with Gasteiger partial charge in [-0.1, -0.05) is 18.9 Å². The lowest BCUT2D eigenvalue weighted by atomic mass is 10.0. The van der Waals surface area contributed by atoms with Gasteiger partial charge in [-0.15, -0.1) is 11.3 Å². The lowest BCUT2D eigenvalue weighted by Crippen LogP contribution is -2.46. The van der Waals surface area contributed by atoms with Gasteiger partial charge in [-0.3, -0.25) is 0 Å². The molecule has 6 nitrogen and oxygen atoms in total. The normalized spacial score (nSPS) is 18.6. The number of nitrogens with one attached hydrogen (secondary N) is 2. The Balaban J connectivity index is 1.19. The summed E-state index contributed by atoms with van der Waals surface area (Å²) in [7, 11) is 0. The number of benzene rings is 1. The van der Waals surface area contributed by atoms with Crippen molar-refractivity contribution >= 4 is 23.1 Å². The average Bonchev–Trinajstić information content (AvgIpc) is 3.42. The van der Waals surface area contributed by atoms with E-state index in [4.69, 9.17) is 4.74 Å². The van der Waals surface area contributed by atoms with E-state index in [1.54, 1.807) is 16.8 Å². The monoisotopic (exact) mass is 414 g/mol. The zero-order valence-corrected chi connectivity index (χ0v) is 17.6. The fourth-order valence-electron chi connectivity index (χ4n) is 4.30. The highest BCUT2D eigenvalue weighted by Gasteiger charge is 2.24. The molecule has 2 N–H and O–H groups in total. The van der Waals surface area contributed by atoms with Gasteiger partial charge in [0.15, 0.2) is 0 Å². The molecule has 2 fully saturated rings. The van der Waals surface area contributed by atoms with E-state index in [1.165, 1.54) is 32.2 Å². The van der Waals surface area contributed by atoms with Crippen molar-refractivity contribution in [2.75, 3.05) is 25.0 Å². The van der Waals surface area contributed by atoms with Gasteiger partial charge in [0.1, 0.15) is 12.4 Å². The maximum absolute atomic E-state index is 12.4. The highest BCUT2D eigenvalue weighted by molar-refractivity contribution is 7.07. The minimum absolute atomic E-state index is 0.143. The van der Waals surface area contributed by atoms with E-state index in [0.717, 1.165) is 49.0 Å². The van der Waals surface area contributed by atoms with Crippen LogP contribution >= 0.6 is 11.3 Å². The first-order valence-corrected chi connectivity index (χ1v) is 11.6. The van der Waals surface area contributed by atoms with Crippen molar-refractivity contribution in [3.63, 3.8) is 0 Å². The summed E-state index contributed by atoms with van der Waals surface area (Å²) in [4.78, 5) is 19.2. The molecule has 0 atom stereocenters. The number of thiazole rings is 1. The lowest BCUT2D eigenvalue weighted by molar-refractivity contribution is 0.173. The van der Waals surface area contributed by atoms with E-state index in [0.29, 0.717) is 6.61 Å². The van der Waals surface area contributed by atoms with Crippen LogP contribution in [0.5, 0.6) is 5.75 Å². The molecule has 7 heteroatoms. The Bertz CT molecular complexity index is 769.